The lowest BCUT2D eigenvalue weighted by Gasteiger charge is -2.10. The Balaban J connectivity index is 0.000000508. The van der Waals surface area contributed by atoms with Crippen molar-refractivity contribution < 1.29 is 9.18 Å². The molecule has 6 heteroatoms. The number of halogens is 1. The third-order valence-electron chi connectivity index (χ3n) is 3.87. The summed E-state index contributed by atoms with van der Waals surface area (Å²) in [6, 6.07) is 6.20. The first-order valence-electron chi connectivity index (χ1n) is 7.80. The molecule has 0 amide bonds. The number of benzene rings is 1. The van der Waals surface area contributed by atoms with Crippen molar-refractivity contribution in [2.75, 3.05) is 11.5 Å². The summed E-state index contributed by atoms with van der Waals surface area (Å²) in [6.45, 7) is 1.82. The molecule has 124 valence electrons. The average molecular weight is 326 g/mol. The second kappa shape index (κ2) is 6.31. The zero-order valence-electron chi connectivity index (χ0n) is 13.4. The number of fused-ring (bicyclic) bond motifs is 1. The van der Waals surface area contributed by atoms with Crippen LogP contribution in [0.5, 0.6) is 0 Å². The normalized spacial score (nSPS) is 12.6. The maximum absolute atomic E-state index is 13.6. The van der Waals surface area contributed by atoms with Crippen LogP contribution in [0.2, 0.25) is 0 Å². The molecule has 0 unspecified atom stereocenters. The molecule has 1 aromatic carbocycles. The van der Waals surface area contributed by atoms with E-state index in [0.717, 1.165) is 11.1 Å². The van der Waals surface area contributed by atoms with Crippen molar-refractivity contribution in [1.82, 2.24) is 9.38 Å². The Hall–Kier alpha value is -2.89. The highest BCUT2D eigenvalue weighted by Gasteiger charge is 2.12. The van der Waals surface area contributed by atoms with Crippen LogP contribution in [0.25, 0.3) is 16.8 Å². The predicted octanol–water partition coefficient (Wildman–Crippen LogP) is 3.60. The maximum atomic E-state index is 13.6. The van der Waals surface area contributed by atoms with Crippen LogP contribution in [0.4, 0.5) is 15.9 Å². The number of carbonyl (C=O) groups excluding carboxylic acids is 1. The lowest BCUT2D eigenvalue weighted by molar-refractivity contribution is 0.111. The van der Waals surface area contributed by atoms with Gasteiger partial charge in [0.05, 0.1) is 0 Å². The molecule has 2 aromatic heterocycles. The van der Waals surface area contributed by atoms with E-state index in [4.69, 9.17) is 11.5 Å². The van der Waals surface area contributed by atoms with E-state index in [1.165, 1.54) is 31.4 Å². The summed E-state index contributed by atoms with van der Waals surface area (Å²) in [5.74, 6) is -0.244. The van der Waals surface area contributed by atoms with E-state index in [0.29, 0.717) is 23.2 Å². The monoisotopic (exact) mass is 326 g/mol. The lowest BCUT2D eigenvalue weighted by atomic mass is 10.0. The van der Waals surface area contributed by atoms with Crippen LogP contribution in [0, 0.1) is 12.7 Å². The fraction of sp³-hybridized carbons (Fsp3) is 0.222. The van der Waals surface area contributed by atoms with E-state index in [1.54, 1.807) is 22.7 Å². The second-order valence-electron chi connectivity index (χ2n) is 5.87. The molecule has 1 aliphatic carbocycles. The molecular formula is C18H19FN4O. The Labute approximate surface area is 139 Å². The summed E-state index contributed by atoms with van der Waals surface area (Å²) >= 11 is 0. The molecule has 1 aliphatic rings. The minimum atomic E-state index is -0.408. The van der Waals surface area contributed by atoms with Crippen molar-refractivity contribution in [2.24, 2.45) is 0 Å². The summed E-state index contributed by atoms with van der Waals surface area (Å²) in [6.07, 6.45) is 6.84. The SMILES string of the molecule is C1CC1.Cc1c(N)cc(F)cc1-c1ccc2nc(N)c(C=O)n2c1. The number of aromatic nitrogens is 2. The number of hydrogen-bond donors (Lipinski definition) is 2. The quantitative estimate of drug-likeness (QED) is 0.556. The number of anilines is 2. The fourth-order valence-corrected chi connectivity index (χ4v) is 2.36. The van der Waals surface area contributed by atoms with Crippen LogP contribution in [-0.4, -0.2) is 15.7 Å². The summed E-state index contributed by atoms with van der Waals surface area (Å²) in [5, 5.41) is 0. The summed E-state index contributed by atoms with van der Waals surface area (Å²) < 4.78 is 15.2. The molecule has 1 fully saturated rings. The van der Waals surface area contributed by atoms with Gasteiger partial charge in [-0.3, -0.25) is 9.20 Å². The number of hydrogen-bond acceptors (Lipinski definition) is 4. The standard InChI is InChI=1S/C15H13FN4O.C3H6/c1-8-11(4-10(16)5-12(8)17)9-2-3-14-19-15(18)13(7-21)20(14)6-9;1-2-3-1/h2-7H,17-18H2,1H3;1-3H2. The first kappa shape index (κ1) is 16.0. The van der Waals surface area contributed by atoms with E-state index in [1.807, 2.05) is 6.92 Å². The van der Waals surface area contributed by atoms with Gasteiger partial charge in [0.2, 0.25) is 0 Å². The zero-order chi connectivity index (χ0) is 17.3. The number of rotatable bonds is 2. The second-order valence-corrected chi connectivity index (χ2v) is 5.87. The number of imidazole rings is 1. The van der Waals surface area contributed by atoms with Gasteiger partial charge in [-0.1, -0.05) is 19.3 Å². The van der Waals surface area contributed by atoms with Crippen molar-refractivity contribution in [3.05, 3.63) is 47.5 Å². The highest BCUT2D eigenvalue weighted by Crippen LogP contribution is 2.29. The van der Waals surface area contributed by atoms with E-state index in [-0.39, 0.29) is 11.5 Å². The fourth-order valence-electron chi connectivity index (χ4n) is 2.36. The molecule has 3 aromatic rings. The van der Waals surface area contributed by atoms with Gasteiger partial charge in [0.1, 0.15) is 17.2 Å². The molecule has 1 saturated carbocycles. The minimum absolute atomic E-state index is 0.164. The number of pyridine rings is 1. The number of nitrogens with zero attached hydrogens (tertiary/aromatic N) is 2. The number of nitrogens with two attached hydrogens (primary N) is 2. The molecule has 4 rings (SSSR count). The van der Waals surface area contributed by atoms with Gasteiger partial charge in [0.15, 0.2) is 12.1 Å². The van der Waals surface area contributed by atoms with Crippen LogP contribution in [0.15, 0.2) is 30.5 Å². The third-order valence-corrected chi connectivity index (χ3v) is 3.87. The molecule has 0 saturated heterocycles. The molecule has 0 spiro atoms. The third kappa shape index (κ3) is 3.08. The Bertz CT molecular complexity index is 912. The zero-order valence-corrected chi connectivity index (χ0v) is 13.4. The Kier molecular flexibility index (Phi) is 4.20. The van der Waals surface area contributed by atoms with Crippen LogP contribution >= 0.6 is 0 Å². The minimum Gasteiger partial charge on any atom is -0.398 e. The van der Waals surface area contributed by atoms with Crippen molar-refractivity contribution in [3.63, 3.8) is 0 Å². The average Bonchev–Trinajstić information content (AvgIpc) is 3.39. The molecule has 0 atom stereocenters. The van der Waals surface area contributed by atoms with E-state index in [9.17, 15) is 9.18 Å². The van der Waals surface area contributed by atoms with Crippen LogP contribution in [0.3, 0.4) is 0 Å². The van der Waals surface area contributed by atoms with Crippen LogP contribution in [-0.2, 0) is 0 Å². The Morgan fingerprint density at radius 2 is 1.92 bits per heavy atom. The van der Waals surface area contributed by atoms with Crippen molar-refractivity contribution in [2.45, 2.75) is 26.2 Å². The number of nitrogen functional groups attached to an aromatic ring is 2. The van der Waals surface area contributed by atoms with Crippen LogP contribution in [0.1, 0.15) is 35.3 Å². The maximum Gasteiger partial charge on any atom is 0.170 e. The van der Waals surface area contributed by atoms with Gasteiger partial charge in [0.25, 0.3) is 0 Å². The Morgan fingerprint density at radius 1 is 1.21 bits per heavy atom. The van der Waals surface area contributed by atoms with Gasteiger partial charge in [-0.05, 0) is 47.9 Å². The lowest BCUT2D eigenvalue weighted by Crippen LogP contribution is -1.97. The van der Waals surface area contributed by atoms with Gasteiger partial charge in [-0.25, -0.2) is 9.37 Å². The first-order valence-corrected chi connectivity index (χ1v) is 7.80. The van der Waals surface area contributed by atoms with E-state index < -0.39 is 5.82 Å². The van der Waals surface area contributed by atoms with Gasteiger partial charge < -0.3 is 11.5 Å². The molecule has 4 N–H and O–H groups in total. The highest BCUT2D eigenvalue weighted by molar-refractivity contribution is 5.83. The highest BCUT2D eigenvalue weighted by atomic mass is 19.1. The van der Waals surface area contributed by atoms with Crippen molar-refractivity contribution in [1.29, 1.82) is 0 Å². The van der Waals surface area contributed by atoms with Gasteiger partial charge in [-0.15, -0.1) is 0 Å². The number of aldehydes is 1. The number of carbonyl (C=O) groups is 1. The summed E-state index contributed by atoms with van der Waals surface area (Å²) in [4.78, 5) is 15.2. The molecular weight excluding hydrogens is 307 g/mol. The molecule has 5 nitrogen and oxygen atoms in total. The van der Waals surface area contributed by atoms with Crippen molar-refractivity contribution >= 4 is 23.4 Å². The molecule has 0 aliphatic heterocycles. The van der Waals surface area contributed by atoms with E-state index >= 15 is 0 Å². The Morgan fingerprint density at radius 3 is 2.54 bits per heavy atom. The molecule has 2 heterocycles. The topological polar surface area (TPSA) is 86.4 Å². The van der Waals surface area contributed by atoms with Gasteiger partial charge in [-0.2, -0.15) is 0 Å². The molecule has 24 heavy (non-hydrogen) atoms. The van der Waals surface area contributed by atoms with Crippen molar-refractivity contribution in [3.8, 4) is 11.1 Å². The predicted molar refractivity (Wildman–Crippen MR) is 93.4 cm³/mol. The van der Waals surface area contributed by atoms with Gasteiger partial charge in [0, 0.05) is 11.9 Å². The first-order chi connectivity index (χ1) is 11.5. The smallest absolute Gasteiger partial charge is 0.170 e. The summed E-state index contributed by atoms with van der Waals surface area (Å²) in [5.41, 5.74) is 14.9. The van der Waals surface area contributed by atoms with Gasteiger partial charge >= 0.3 is 0 Å². The molecule has 0 bridgehead atoms. The molecule has 0 radical (unpaired) electrons. The van der Waals surface area contributed by atoms with Crippen LogP contribution < -0.4 is 11.5 Å². The summed E-state index contributed by atoms with van der Waals surface area (Å²) in [7, 11) is 0. The van der Waals surface area contributed by atoms with E-state index in [2.05, 4.69) is 4.98 Å². The largest absolute Gasteiger partial charge is 0.398 e.